The Labute approximate surface area is 202 Å². The van der Waals surface area contributed by atoms with E-state index in [0.29, 0.717) is 6.54 Å². The minimum absolute atomic E-state index is 0.0193. The van der Waals surface area contributed by atoms with Crippen LogP contribution < -0.4 is 4.90 Å². The number of para-hydroxylation sites is 1. The second-order valence-electron chi connectivity index (χ2n) is 7.64. The van der Waals surface area contributed by atoms with Gasteiger partial charge < -0.3 is 4.90 Å². The third-order valence-corrected chi connectivity index (χ3v) is 7.93. The van der Waals surface area contributed by atoms with Crippen molar-refractivity contribution in [2.45, 2.75) is 11.8 Å². The van der Waals surface area contributed by atoms with Crippen molar-refractivity contribution in [3.05, 3.63) is 99.9 Å². The Hall–Kier alpha value is -3.22. The highest BCUT2D eigenvalue weighted by atomic mass is 32.2. The molecule has 0 spiro atoms. The molecule has 33 heavy (non-hydrogen) atoms. The maximum atomic E-state index is 13.2. The number of thioether (sulfide) groups is 2. The zero-order valence-electron chi connectivity index (χ0n) is 18.4. The number of likely N-dealkylation sites (N-methyl/N-ethyl adjacent to an activating group) is 1. The van der Waals surface area contributed by atoms with Gasteiger partial charge in [0, 0.05) is 18.5 Å². The summed E-state index contributed by atoms with van der Waals surface area (Å²) in [6, 6.07) is 26.5. The number of rotatable bonds is 4. The molecule has 2 aliphatic heterocycles. The lowest BCUT2D eigenvalue weighted by atomic mass is 10.1. The highest BCUT2D eigenvalue weighted by molar-refractivity contribution is 8.19. The number of amides is 1. The summed E-state index contributed by atoms with van der Waals surface area (Å²) in [5.41, 5.74) is 4.24. The molecule has 1 amide bonds. The van der Waals surface area contributed by atoms with Crippen LogP contribution >= 0.6 is 23.5 Å². The van der Waals surface area contributed by atoms with Crippen LogP contribution in [0.3, 0.4) is 0 Å². The first kappa shape index (κ1) is 21.6. The van der Waals surface area contributed by atoms with Crippen LogP contribution in [0.1, 0.15) is 18.1 Å². The maximum Gasteiger partial charge on any atom is 0.269 e. The zero-order chi connectivity index (χ0) is 22.8. The fourth-order valence-electron chi connectivity index (χ4n) is 3.72. The molecule has 0 N–H and O–H groups in total. The molecule has 5 rings (SSSR count). The van der Waals surface area contributed by atoms with Gasteiger partial charge in [0.25, 0.3) is 5.91 Å². The molecule has 0 radical (unpaired) electrons. The molecule has 4 nitrogen and oxygen atoms in total. The van der Waals surface area contributed by atoms with Crippen molar-refractivity contribution in [3.8, 4) is 0 Å². The van der Waals surface area contributed by atoms with Gasteiger partial charge in [-0.1, -0.05) is 78.5 Å². The van der Waals surface area contributed by atoms with Gasteiger partial charge in [0.05, 0.1) is 16.4 Å². The van der Waals surface area contributed by atoms with Crippen LogP contribution in [0.25, 0.3) is 12.2 Å². The van der Waals surface area contributed by atoms with Gasteiger partial charge in [0.15, 0.2) is 5.17 Å². The zero-order valence-corrected chi connectivity index (χ0v) is 20.1. The van der Waals surface area contributed by atoms with E-state index in [1.807, 2.05) is 68.6 Å². The Morgan fingerprint density at radius 3 is 2.21 bits per heavy atom. The number of carbonyl (C=O) groups is 1. The largest absolute Gasteiger partial charge is 0.337 e. The maximum absolute atomic E-state index is 13.2. The second-order valence-corrected chi connectivity index (χ2v) is 9.65. The van der Waals surface area contributed by atoms with Crippen LogP contribution in [0.15, 0.2) is 98.7 Å². The average Bonchev–Trinajstić information content (AvgIpc) is 3.35. The number of hydrogen-bond donors (Lipinski definition) is 0. The Kier molecular flexibility index (Phi) is 6.11. The third-order valence-electron chi connectivity index (χ3n) is 5.50. The van der Waals surface area contributed by atoms with E-state index >= 15 is 0 Å². The number of anilines is 1. The van der Waals surface area contributed by atoms with E-state index in [0.717, 1.165) is 32.0 Å². The fourth-order valence-corrected chi connectivity index (χ4v) is 6.13. The molecule has 1 fully saturated rings. The van der Waals surface area contributed by atoms with Crippen molar-refractivity contribution in [2.75, 3.05) is 18.5 Å². The standard InChI is InChI=1S/C27H23N3OS2/c1-3-30-25(31)24(26-29(2)22-11-7-8-12-23(22)32-26)33-27(30)28-21-17-15-20(16-18-21)14-13-19-9-5-4-6-10-19/h4-18H,3H2,1-2H3/b14-13+,26-24-,28-27?. The topological polar surface area (TPSA) is 35.9 Å². The molecule has 0 atom stereocenters. The molecule has 164 valence electrons. The van der Waals surface area contributed by atoms with Gasteiger partial charge in [-0.05, 0) is 54.1 Å². The summed E-state index contributed by atoms with van der Waals surface area (Å²) in [4.78, 5) is 23.8. The smallest absolute Gasteiger partial charge is 0.269 e. The lowest BCUT2D eigenvalue weighted by Gasteiger charge is -2.15. The van der Waals surface area contributed by atoms with Crippen molar-refractivity contribution >= 4 is 58.1 Å². The predicted molar refractivity (Wildman–Crippen MR) is 142 cm³/mol. The number of nitrogens with zero attached hydrogens (tertiary/aromatic N) is 3. The van der Waals surface area contributed by atoms with Gasteiger partial charge in [-0.15, -0.1) is 0 Å². The SMILES string of the molecule is CCN1C(=O)/C(=C2/Sc3ccccc3N2C)SC1=Nc1ccc(/C=C/c2ccccc2)cc1. The normalized spacial score (nSPS) is 19.2. The van der Waals surface area contributed by atoms with Crippen LogP contribution in [-0.4, -0.2) is 29.6 Å². The Morgan fingerprint density at radius 1 is 0.848 bits per heavy atom. The van der Waals surface area contributed by atoms with Gasteiger partial charge in [-0.3, -0.25) is 9.69 Å². The summed E-state index contributed by atoms with van der Waals surface area (Å²) < 4.78 is 0. The van der Waals surface area contributed by atoms with E-state index in [-0.39, 0.29) is 5.91 Å². The molecule has 2 aliphatic rings. The van der Waals surface area contributed by atoms with Crippen molar-refractivity contribution in [1.82, 2.24) is 4.90 Å². The molecular weight excluding hydrogens is 446 g/mol. The lowest BCUT2D eigenvalue weighted by molar-refractivity contribution is -0.122. The van der Waals surface area contributed by atoms with E-state index in [2.05, 4.69) is 41.3 Å². The van der Waals surface area contributed by atoms with Crippen LogP contribution in [0.5, 0.6) is 0 Å². The predicted octanol–water partition coefficient (Wildman–Crippen LogP) is 6.85. The minimum atomic E-state index is 0.0193. The third kappa shape index (κ3) is 4.36. The molecular formula is C27H23N3OS2. The second kappa shape index (κ2) is 9.33. The van der Waals surface area contributed by atoms with E-state index in [1.165, 1.54) is 22.2 Å². The quantitative estimate of drug-likeness (QED) is 0.309. The van der Waals surface area contributed by atoms with Gasteiger partial charge in [0.1, 0.15) is 4.91 Å². The number of aliphatic imine (C=N–C) groups is 1. The van der Waals surface area contributed by atoms with Gasteiger partial charge in [0.2, 0.25) is 0 Å². The average molecular weight is 470 g/mol. The first-order valence-electron chi connectivity index (χ1n) is 10.8. The lowest BCUT2D eigenvalue weighted by Crippen LogP contribution is -2.29. The van der Waals surface area contributed by atoms with Gasteiger partial charge in [-0.2, -0.15) is 0 Å². The Balaban J connectivity index is 1.39. The van der Waals surface area contributed by atoms with Crippen LogP contribution in [-0.2, 0) is 4.79 Å². The van der Waals surface area contributed by atoms with Crippen LogP contribution in [0.2, 0.25) is 0 Å². The van der Waals surface area contributed by atoms with E-state index < -0.39 is 0 Å². The molecule has 0 unspecified atom stereocenters. The molecule has 6 heteroatoms. The molecule has 0 saturated carbocycles. The highest BCUT2D eigenvalue weighted by Crippen LogP contribution is 2.49. The Morgan fingerprint density at radius 2 is 1.52 bits per heavy atom. The summed E-state index contributed by atoms with van der Waals surface area (Å²) in [6.45, 7) is 2.57. The van der Waals surface area contributed by atoms with Crippen molar-refractivity contribution in [3.63, 3.8) is 0 Å². The number of fused-ring (bicyclic) bond motifs is 1. The number of carbonyl (C=O) groups excluding carboxylic acids is 1. The monoisotopic (exact) mass is 469 g/mol. The fraction of sp³-hybridized carbons (Fsp3) is 0.111. The van der Waals surface area contributed by atoms with Gasteiger partial charge in [-0.25, -0.2) is 4.99 Å². The molecule has 3 aromatic carbocycles. The van der Waals surface area contributed by atoms with E-state index in [1.54, 1.807) is 16.7 Å². The van der Waals surface area contributed by atoms with E-state index in [4.69, 9.17) is 4.99 Å². The van der Waals surface area contributed by atoms with Crippen LogP contribution in [0.4, 0.5) is 11.4 Å². The summed E-state index contributed by atoms with van der Waals surface area (Å²) in [5.74, 6) is 0.0193. The highest BCUT2D eigenvalue weighted by Gasteiger charge is 2.38. The molecule has 0 aliphatic carbocycles. The minimum Gasteiger partial charge on any atom is -0.337 e. The molecule has 1 saturated heterocycles. The Bertz CT molecular complexity index is 1280. The van der Waals surface area contributed by atoms with Crippen molar-refractivity contribution in [2.24, 2.45) is 4.99 Å². The molecule has 2 heterocycles. The first-order valence-corrected chi connectivity index (χ1v) is 12.4. The summed E-state index contributed by atoms with van der Waals surface area (Å²) >= 11 is 3.11. The number of amidine groups is 1. The molecule has 0 aromatic heterocycles. The molecule has 0 bridgehead atoms. The number of benzene rings is 3. The summed E-state index contributed by atoms with van der Waals surface area (Å²) in [7, 11) is 2.02. The van der Waals surface area contributed by atoms with Crippen molar-refractivity contribution < 1.29 is 4.79 Å². The molecule has 3 aromatic rings. The first-order chi connectivity index (χ1) is 16.1. The van der Waals surface area contributed by atoms with Gasteiger partial charge >= 0.3 is 0 Å². The van der Waals surface area contributed by atoms with E-state index in [9.17, 15) is 4.79 Å². The van der Waals surface area contributed by atoms with Crippen LogP contribution in [0, 0.1) is 0 Å². The number of hydrogen-bond acceptors (Lipinski definition) is 5. The summed E-state index contributed by atoms with van der Waals surface area (Å²) in [6.07, 6.45) is 4.18. The van der Waals surface area contributed by atoms with Crippen molar-refractivity contribution in [1.29, 1.82) is 0 Å². The summed E-state index contributed by atoms with van der Waals surface area (Å²) in [5, 5.41) is 1.69.